The van der Waals surface area contributed by atoms with E-state index in [1.165, 1.54) is 0 Å². The van der Waals surface area contributed by atoms with Crippen molar-refractivity contribution in [2.45, 2.75) is 20.3 Å². The van der Waals surface area contributed by atoms with Crippen LogP contribution < -0.4 is 0 Å². The number of aliphatic hydroxyl groups excluding tert-OH is 2. The molecule has 11 heavy (non-hydrogen) atoms. The van der Waals surface area contributed by atoms with Crippen LogP contribution in [0, 0.1) is 11.8 Å². The number of carbonyl (C=O) groups excluding carboxylic acids is 1. The molecule has 1 atom stereocenters. The van der Waals surface area contributed by atoms with E-state index in [0.29, 0.717) is 12.3 Å². The summed E-state index contributed by atoms with van der Waals surface area (Å²) < 4.78 is 0. The second kappa shape index (κ2) is 5.27. The highest BCUT2D eigenvalue weighted by Crippen LogP contribution is 2.11. The Bertz CT molecular complexity index is 121. The lowest BCUT2D eigenvalue weighted by Gasteiger charge is -2.13. The summed E-state index contributed by atoms with van der Waals surface area (Å²) in [6.45, 7) is 3.34. The van der Waals surface area contributed by atoms with E-state index >= 15 is 0 Å². The largest absolute Gasteiger partial charge is 0.396 e. The summed E-state index contributed by atoms with van der Waals surface area (Å²) >= 11 is 0. The van der Waals surface area contributed by atoms with Gasteiger partial charge in [-0.15, -0.1) is 0 Å². The summed E-state index contributed by atoms with van der Waals surface area (Å²) in [5.74, 6) is -0.260. The predicted octanol–water partition coefficient (Wildman–Crippen LogP) is 0.202. The van der Waals surface area contributed by atoms with Gasteiger partial charge in [-0.05, 0) is 12.3 Å². The van der Waals surface area contributed by atoms with E-state index in [1.54, 1.807) is 0 Å². The van der Waals surface area contributed by atoms with E-state index in [-0.39, 0.29) is 18.3 Å². The molecule has 0 aliphatic rings. The van der Waals surface area contributed by atoms with E-state index in [1.807, 2.05) is 13.8 Å². The Morgan fingerprint density at radius 3 is 2.18 bits per heavy atom. The van der Waals surface area contributed by atoms with Gasteiger partial charge in [0.1, 0.15) is 6.61 Å². The minimum atomic E-state index is -0.460. The number of hydrogen-bond acceptors (Lipinski definition) is 3. The molecular formula is C8H16O3. The van der Waals surface area contributed by atoms with Gasteiger partial charge >= 0.3 is 0 Å². The first-order chi connectivity index (χ1) is 5.11. The fourth-order valence-corrected chi connectivity index (χ4v) is 1.01. The van der Waals surface area contributed by atoms with E-state index in [9.17, 15) is 4.79 Å². The molecule has 0 fully saturated rings. The summed E-state index contributed by atoms with van der Waals surface area (Å²) in [7, 11) is 0. The molecule has 3 nitrogen and oxygen atoms in total. The molecule has 0 heterocycles. The lowest BCUT2D eigenvalue weighted by Crippen LogP contribution is -2.23. The minimum Gasteiger partial charge on any atom is -0.396 e. The molecule has 0 bridgehead atoms. The van der Waals surface area contributed by atoms with Crippen molar-refractivity contribution in [1.82, 2.24) is 0 Å². The number of Topliss-reactive ketones (excluding diaryl/α,β-unsaturated/α-hetero) is 1. The highest BCUT2D eigenvalue weighted by molar-refractivity contribution is 5.82. The predicted molar refractivity (Wildman–Crippen MR) is 42.1 cm³/mol. The molecule has 0 saturated carbocycles. The quantitative estimate of drug-likeness (QED) is 0.604. The van der Waals surface area contributed by atoms with Gasteiger partial charge in [-0.1, -0.05) is 13.8 Å². The normalized spacial score (nSPS) is 13.5. The van der Waals surface area contributed by atoms with Crippen molar-refractivity contribution < 1.29 is 15.0 Å². The van der Waals surface area contributed by atoms with E-state index in [2.05, 4.69) is 0 Å². The molecule has 0 aromatic rings. The molecule has 3 heteroatoms. The smallest absolute Gasteiger partial charge is 0.163 e. The summed E-state index contributed by atoms with van der Waals surface area (Å²) in [6, 6.07) is 0. The van der Waals surface area contributed by atoms with Gasteiger partial charge in [-0.25, -0.2) is 0 Å². The Labute approximate surface area is 67.0 Å². The fourth-order valence-electron chi connectivity index (χ4n) is 1.01. The van der Waals surface area contributed by atoms with Gasteiger partial charge in [0.2, 0.25) is 0 Å². The first-order valence-corrected chi connectivity index (χ1v) is 3.86. The van der Waals surface area contributed by atoms with Crippen LogP contribution in [-0.4, -0.2) is 29.2 Å². The molecule has 0 saturated heterocycles. The van der Waals surface area contributed by atoms with Crippen LogP contribution in [0.4, 0.5) is 0 Å². The Morgan fingerprint density at radius 1 is 1.36 bits per heavy atom. The van der Waals surface area contributed by atoms with Crippen molar-refractivity contribution in [2.24, 2.45) is 11.8 Å². The second-order valence-corrected chi connectivity index (χ2v) is 3.13. The lowest BCUT2D eigenvalue weighted by molar-refractivity contribution is -0.127. The zero-order chi connectivity index (χ0) is 8.85. The molecule has 0 amide bonds. The molecule has 0 aromatic carbocycles. The topological polar surface area (TPSA) is 57.5 Å². The van der Waals surface area contributed by atoms with Crippen molar-refractivity contribution in [1.29, 1.82) is 0 Å². The van der Waals surface area contributed by atoms with Crippen LogP contribution in [0.15, 0.2) is 0 Å². The third kappa shape index (κ3) is 4.11. The number of rotatable bonds is 5. The number of ketones is 1. The summed E-state index contributed by atoms with van der Waals surface area (Å²) in [6.07, 6.45) is 0.649. The summed E-state index contributed by atoms with van der Waals surface area (Å²) in [4.78, 5) is 10.9. The maximum Gasteiger partial charge on any atom is 0.163 e. The zero-order valence-electron chi connectivity index (χ0n) is 7.08. The van der Waals surface area contributed by atoms with Crippen LogP contribution >= 0.6 is 0 Å². The van der Waals surface area contributed by atoms with Crippen LogP contribution in [-0.2, 0) is 4.79 Å². The Balaban J connectivity index is 3.84. The zero-order valence-corrected chi connectivity index (χ0v) is 7.08. The van der Waals surface area contributed by atoms with Gasteiger partial charge in [0.05, 0.1) is 6.61 Å². The highest BCUT2D eigenvalue weighted by atomic mass is 16.3. The standard InChI is InChI=1S/C8H16O3/c1-6(2)3-7(4-9)8(11)5-10/h6-7,9-10H,3-5H2,1-2H3/t7-/m1/s1. The molecule has 0 spiro atoms. The van der Waals surface area contributed by atoms with E-state index in [0.717, 1.165) is 0 Å². The van der Waals surface area contributed by atoms with Crippen molar-refractivity contribution in [2.75, 3.05) is 13.2 Å². The van der Waals surface area contributed by atoms with Crippen LogP contribution in [0.3, 0.4) is 0 Å². The van der Waals surface area contributed by atoms with Gasteiger partial charge in [0.25, 0.3) is 0 Å². The van der Waals surface area contributed by atoms with Crippen molar-refractivity contribution >= 4 is 5.78 Å². The van der Waals surface area contributed by atoms with Gasteiger partial charge in [-0.3, -0.25) is 4.79 Å². The average Bonchev–Trinajstić information content (AvgIpc) is 1.98. The molecule has 0 rings (SSSR count). The van der Waals surface area contributed by atoms with Crippen LogP contribution in [0.1, 0.15) is 20.3 Å². The van der Waals surface area contributed by atoms with Crippen LogP contribution in [0.25, 0.3) is 0 Å². The molecule has 0 unspecified atom stereocenters. The average molecular weight is 160 g/mol. The minimum absolute atomic E-state index is 0.155. The molecule has 66 valence electrons. The Kier molecular flexibility index (Phi) is 5.07. The molecule has 0 aromatic heterocycles. The van der Waals surface area contributed by atoms with E-state index in [4.69, 9.17) is 10.2 Å². The molecular weight excluding hydrogens is 144 g/mol. The summed E-state index contributed by atoms with van der Waals surface area (Å²) in [5, 5.41) is 17.2. The van der Waals surface area contributed by atoms with Gasteiger partial charge in [0, 0.05) is 5.92 Å². The van der Waals surface area contributed by atoms with Crippen molar-refractivity contribution in [3.63, 3.8) is 0 Å². The summed E-state index contributed by atoms with van der Waals surface area (Å²) in [5.41, 5.74) is 0. The number of aliphatic hydroxyl groups is 2. The number of hydrogen-bond donors (Lipinski definition) is 2. The Hall–Kier alpha value is -0.410. The first-order valence-electron chi connectivity index (χ1n) is 3.86. The maximum absolute atomic E-state index is 10.9. The van der Waals surface area contributed by atoms with Gasteiger partial charge in [-0.2, -0.15) is 0 Å². The lowest BCUT2D eigenvalue weighted by atomic mass is 9.94. The maximum atomic E-state index is 10.9. The van der Waals surface area contributed by atoms with Crippen molar-refractivity contribution in [3.8, 4) is 0 Å². The first kappa shape index (κ1) is 10.6. The molecule has 2 N–H and O–H groups in total. The molecule has 0 aliphatic carbocycles. The van der Waals surface area contributed by atoms with Crippen molar-refractivity contribution in [3.05, 3.63) is 0 Å². The monoisotopic (exact) mass is 160 g/mol. The van der Waals surface area contributed by atoms with Crippen LogP contribution in [0.2, 0.25) is 0 Å². The SMILES string of the molecule is CC(C)C[C@H](CO)C(=O)CO. The molecule has 0 aliphatic heterocycles. The Morgan fingerprint density at radius 2 is 1.91 bits per heavy atom. The van der Waals surface area contributed by atoms with Crippen LogP contribution in [0.5, 0.6) is 0 Å². The second-order valence-electron chi connectivity index (χ2n) is 3.13. The van der Waals surface area contributed by atoms with Gasteiger partial charge < -0.3 is 10.2 Å². The van der Waals surface area contributed by atoms with Gasteiger partial charge in [0.15, 0.2) is 5.78 Å². The third-order valence-electron chi connectivity index (χ3n) is 1.59. The third-order valence-corrected chi connectivity index (χ3v) is 1.59. The fraction of sp³-hybridized carbons (Fsp3) is 0.875. The molecule has 0 radical (unpaired) electrons. The highest BCUT2D eigenvalue weighted by Gasteiger charge is 2.17. The van der Waals surface area contributed by atoms with E-state index < -0.39 is 6.61 Å². The number of carbonyl (C=O) groups is 1.